The molecule has 0 aliphatic heterocycles. The summed E-state index contributed by atoms with van der Waals surface area (Å²) >= 11 is 0. The van der Waals surface area contributed by atoms with Gasteiger partial charge in [0.15, 0.2) is 0 Å². The zero-order chi connectivity index (χ0) is 12.0. The Kier molecular flexibility index (Phi) is 5.25. The molecule has 1 aromatic rings. The number of hydrogen-bond donors (Lipinski definition) is 2. The average molecular weight is 225 g/mol. The van der Waals surface area contributed by atoms with Gasteiger partial charge in [-0.25, -0.2) is 0 Å². The number of aliphatic hydroxyl groups excluding tert-OH is 1. The normalized spacial score (nSPS) is 14.5. The lowest BCUT2D eigenvalue weighted by Crippen LogP contribution is -2.27. The van der Waals surface area contributed by atoms with Crippen molar-refractivity contribution in [3.05, 3.63) is 29.8 Å². The van der Waals surface area contributed by atoms with Gasteiger partial charge in [0.05, 0.1) is 19.8 Å². The number of ether oxygens (including phenoxy) is 2. The standard InChI is InChI=1S/C12H19NO3/c1-15-8-10(13)7-12(14)9-3-5-11(16-2)6-4-9/h3-6,10,12,14H,7-8,13H2,1-2H3. The molecule has 3 N–H and O–H groups in total. The SMILES string of the molecule is COCC(N)CC(O)c1ccc(OC)cc1. The van der Waals surface area contributed by atoms with Crippen molar-refractivity contribution >= 4 is 0 Å². The molecular weight excluding hydrogens is 206 g/mol. The van der Waals surface area contributed by atoms with E-state index in [4.69, 9.17) is 15.2 Å². The first-order valence-corrected chi connectivity index (χ1v) is 5.24. The van der Waals surface area contributed by atoms with Crippen molar-refractivity contribution < 1.29 is 14.6 Å². The van der Waals surface area contributed by atoms with E-state index < -0.39 is 6.10 Å². The van der Waals surface area contributed by atoms with Crippen LogP contribution in [-0.4, -0.2) is 32.0 Å². The van der Waals surface area contributed by atoms with E-state index in [9.17, 15) is 5.11 Å². The van der Waals surface area contributed by atoms with Gasteiger partial charge >= 0.3 is 0 Å². The molecule has 0 aliphatic rings. The van der Waals surface area contributed by atoms with Crippen LogP contribution in [-0.2, 0) is 4.74 Å². The molecule has 1 rings (SSSR count). The number of benzene rings is 1. The molecule has 1 aromatic carbocycles. The maximum Gasteiger partial charge on any atom is 0.118 e. The molecule has 4 nitrogen and oxygen atoms in total. The first-order valence-electron chi connectivity index (χ1n) is 5.24. The number of aliphatic hydroxyl groups is 1. The van der Waals surface area contributed by atoms with Gasteiger partial charge < -0.3 is 20.3 Å². The fraction of sp³-hybridized carbons (Fsp3) is 0.500. The minimum absolute atomic E-state index is 0.151. The molecule has 0 heterocycles. The molecule has 0 bridgehead atoms. The molecule has 0 radical (unpaired) electrons. The second-order valence-corrected chi connectivity index (χ2v) is 3.74. The summed E-state index contributed by atoms with van der Waals surface area (Å²) in [5.41, 5.74) is 6.61. The Hall–Kier alpha value is -1.10. The highest BCUT2D eigenvalue weighted by Crippen LogP contribution is 2.20. The number of hydrogen-bond acceptors (Lipinski definition) is 4. The van der Waals surface area contributed by atoms with Gasteiger partial charge in [-0.15, -0.1) is 0 Å². The summed E-state index contributed by atoms with van der Waals surface area (Å²) in [6.45, 7) is 0.452. The van der Waals surface area contributed by atoms with Crippen LogP contribution in [0.1, 0.15) is 18.1 Å². The minimum atomic E-state index is -0.559. The number of rotatable bonds is 6. The molecule has 4 heteroatoms. The quantitative estimate of drug-likeness (QED) is 0.760. The summed E-state index contributed by atoms with van der Waals surface area (Å²) in [5.74, 6) is 0.775. The molecule has 0 aliphatic carbocycles. The second kappa shape index (κ2) is 6.48. The van der Waals surface area contributed by atoms with Crippen LogP contribution < -0.4 is 10.5 Å². The van der Waals surface area contributed by atoms with Crippen LogP contribution in [0.4, 0.5) is 0 Å². The maximum atomic E-state index is 9.90. The largest absolute Gasteiger partial charge is 0.497 e. The maximum absolute atomic E-state index is 9.90. The van der Waals surface area contributed by atoms with Crippen LogP contribution in [0.3, 0.4) is 0 Å². The minimum Gasteiger partial charge on any atom is -0.497 e. The lowest BCUT2D eigenvalue weighted by molar-refractivity contribution is 0.122. The summed E-state index contributed by atoms with van der Waals surface area (Å²) in [6, 6.07) is 7.16. The van der Waals surface area contributed by atoms with Crippen LogP contribution in [0.25, 0.3) is 0 Å². The molecule has 0 aromatic heterocycles. The van der Waals surface area contributed by atoms with E-state index in [-0.39, 0.29) is 6.04 Å². The Morgan fingerprint density at radius 2 is 1.88 bits per heavy atom. The fourth-order valence-electron chi connectivity index (χ4n) is 1.53. The highest BCUT2D eigenvalue weighted by atomic mass is 16.5. The van der Waals surface area contributed by atoms with Gasteiger partial charge in [0.2, 0.25) is 0 Å². The second-order valence-electron chi connectivity index (χ2n) is 3.74. The first-order chi connectivity index (χ1) is 7.67. The third kappa shape index (κ3) is 3.81. The molecule has 2 unspecified atom stereocenters. The van der Waals surface area contributed by atoms with Gasteiger partial charge in [-0.2, -0.15) is 0 Å². The van der Waals surface area contributed by atoms with E-state index >= 15 is 0 Å². The highest BCUT2D eigenvalue weighted by Gasteiger charge is 2.12. The Morgan fingerprint density at radius 1 is 1.25 bits per heavy atom. The predicted molar refractivity (Wildman–Crippen MR) is 62.4 cm³/mol. The zero-order valence-corrected chi connectivity index (χ0v) is 9.72. The molecule has 0 spiro atoms. The third-order valence-corrected chi connectivity index (χ3v) is 2.41. The summed E-state index contributed by atoms with van der Waals surface area (Å²) < 4.78 is 9.96. The van der Waals surface area contributed by atoms with Gasteiger partial charge in [-0.3, -0.25) is 0 Å². The third-order valence-electron chi connectivity index (χ3n) is 2.41. The number of methoxy groups -OCH3 is 2. The van der Waals surface area contributed by atoms with Crippen LogP contribution in [0.5, 0.6) is 5.75 Å². The lowest BCUT2D eigenvalue weighted by atomic mass is 10.0. The van der Waals surface area contributed by atoms with Crippen molar-refractivity contribution in [2.45, 2.75) is 18.6 Å². The number of nitrogens with two attached hydrogens (primary N) is 1. The van der Waals surface area contributed by atoms with E-state index in [1.54, 1.807) is 14.2 Å². The Bertz CT molecular complexity index is 300. The Labute approximate surface area is 96.0 Å². The van der Waals surface area contributed by atoms with Gasteiger partial charge in [-0.05, 0) is 24.1 Å². The predicted octanol–water partition coefficient (Wildman–Crippen LogP) is 1.09. The topological polar surface area (TPSA) is 64.7 Å². The monoisotopic (exact) mass is 225 g/mol. The lowest BCUT2D eigenvalue weighted by Gasteiger charge is -2.16. The van der Waals surface area contributed by atoms with Gasteiger partial charge in [-0.1, -0.05) is 12.1 Å². The molecule has 16 heavy (non-hydrogen) atoms. The fourth-order valence-corrected chi connectivity index (χ4v) is 1.53. The zero-order valence-electron chi connectivity index (χ0n) is 9.72. The van der Waals surface area contributed by atoms with Crippen molar-refractivity contribution in [2.24, 2.45) is 5.73 Å². The van der Waals surface area contributed by atoms with Crippen molar-refractivity contribution in [1.82, 2.24) is 0 Å². The molecule has 0 saturated heterocycles. The molecule has 0 fully saturated rings. The molecule has 90 valence electrons. The van der Waals surface area contributed by atoms with E-state index in [2.05, 4.69) is 0 Å². The van der Waals surface area contributed by atoms with Gasteiger partial charge in [0.25, 0.3) is 0 Å². The van der Waals surface area contributed by atoms with Crippen molar-refractivity contribution in [2.75, 3.05) is 20.8 Å². The first kappa shape index (κ1) is 13.0. The van der Waals surface area contributed by atoms with Gasteiger partial charge in [0, 0.05) is 13.2 Å². The molecular formula is C12H19NO3. The smallest absolute Gasteiger partial charge is 0.118 e. The van der Waals surface area contributed by atoms with E-state index in [0.717, 1.165) is 11.3 Å². The van der Waals surface area contributed by atoms with Gasteiger partial charge in [0.1, 0.15) is 5.75 Å². The molecule has 2 atom stereocenters. The summed E-state index contributed by atoms with van der Waals surface area (Å²) in [4.78, 5) is 0. The van der Waals surface area contributed by atoms with Crippen LogP contribution >= 0.6 is 0 Å². The van der Waals surface area contributed by atoms with Crippen LogP contribution in [0.15, 0.2) is 24.3 Å². The summed E-state index contributed by atoms with van der Waals surface area (Å²) in [7, 11) is 3.21. The Balaban J connectivity index is 2.55. The van der Waals surface area contributed by atoms with Crippen molar-refractivity contribution in [3.63, 3.8) is 0 Å². The van der Waals surface area contributed by atoms with Crippen LogP contribution in [0.2, 0.25) is 0 Å². The van der Waals surface area contributed by atoms with E-state index in [1.807, 2.05) is 24.3 Å². The van der Waals surface area contributed by atoms with E-state index in [1.165, 1.54) is 0 Å². The van der Waals surface area contributed by atoms with Crippen LogP contribution in [0, 0.1) is 0 Å². The summed E-state index contributed by atoms with van der Waals surface area (Å²) in [6.07, 6.45) is -0.0729. The molecule has 0 saturated carbocycles. The van der Waals surface area contributed by atoms with Crippen molar-refractivity contribution in [1.29, 1.82) is 0 Å². The average Bonchev–Trinajstić information content (AvgIpc) is 2.29. The van der Waals surface area contributed by atoms with Crippen molar-refractivity contribution in [3.8, 4) is 5.75 Å². The molecule has 0 amide bonds. The highest BCUT2D eigenvalue weighted by molar-refractivity contribution is 5.28. The summed E-state index contributed by atoms with van der Waals surface area (Å²) in [5, 5.41) is 9.90. The Morgan fingerprint density at radius 3 is 2.38 bits per heavy atom. The van der Waals surface area contributed by atoms with E-state index in [0.29, 0.717) is 13.0 Å².